The molecule has 0 radical (unpaired) electrons. The Morgan fingerprint density at radius 1 is 1.73 bits per heavy atom. The van der Waals surface area contributed by atoms with Gasteiger partial charge in [-0.1, -0.05) is 0 Å². The molecule has 0 spiro atoms. The Morgan fingerprint density at radius 3 is 3.09 bits per heavy atom. The lowest BCUT2D eigenvalue weighted by molar-refractivity contribution is -0.117. The van der Waals surface area contributed by atoms with Crippen LogP contribution in [0.1, 0.15) is 12.8 Å². The van der Waals surface area contributed by atoms with Gasteiger partial charge in [-0.15, -0.1) is 0 Å². The number of carbonyl (C=O) groups excluding carboxylic acids is 1. The molecule has 1 aliphatic rings. The maximum absolute atomic E-state index is 11.1. The highest BCUT2D eigenvalue weighted by Gasteiger charge is 2.29. The average Bonchev–Trinajstić information content (AvgIpc) is 2.73. The molecule has 1 N–H and O–H groups in total. The maximum Gasteiger partial charge on any atom is 0.228 e. The van der Waals surface area contributed by atoms with Crippen LogP contribution in [0.2, 0.25) is 0 Å². The molecule has 4 nitrogen and oxygen atoms in total. The summed E-state index contributed by atoms with van der Waals surface area (Å²) in [6.07, 6.45) is 4.72. The summed E-state index contributed by atoms with van der Waals surface area (Å²) in [5.74, 6) is 0.771. The van der Waals surface area contributed by atoms with Crippen molar-refractivity contribution in [3.8, 4) is 0 Å². The zero-order valence-corrected chi connectivity index (χ0v) is 5.91. The molecule has 0 aliphatic heterocycles. The molecule has 1 aromatic heterocycles. The molecular formula is C7H8N2O2. The first-order chi connectivity index (χ1) is 5.36. The summed E-state index contributed by atoms with van der Waals surface area (Å²) >= 11 is 0. The number of amides is 1. The van der Waals surface area contributed by atoms with Crippen LogP contribution in [0.3, 0.4) is 0 Å². The van der Waals surface area contributed by atoms with Gasteiger partial charge in [0.2, 0.25) is 5.91 Å². The molecule has 0 saturated heterocycles. The van der Waals surface area contributed by atoms with E-state index in [-0.39, 0.29) is 11.8 Å². The van der Waals surface area contributed by atoms with E-state index in [1.54, 1.807) is 0 Å². The molecule has 1 amide bonds. The summed E-state index contributed by atoms with van der Waals surface area (Å²) in [5, 5.41) is 2.64. The van der Waals surface area contributed by atoms with Gasteiger partial charge < -0.3 is 9.73 Å². The number of nitrogens with one attached hydrogen (secondary N) is 1. The second kappa shape index (κ2) is 2.38. The quantitative estimate of drug-likeness (QED) is 0.688. The molecule has 1 heterocycles. The van der Waals surface area contributed by atoms with Crippen LogP contribution in [0.4, 0.5) is 5.82 Å². The lowest BCUT2D eigenvalue weighted by Gasteiger charge is -1.95. The second-order valence-corrected chi connectivity index (χ2v) is 2.64. The van der Waals surface area contributed by atoms with E-state index in [0.29, 0.717) is 5.82 Å². The van der Waals surface area contributed by atoms with Crippen LogP contribution in [-0.2, 0) is 4.79 Å². The van der Waals surface area contributed by atoms with E-state index in [4.69, 9.17) is 0 Å². The minimum atomic E-state index is 0.0545. The lowest BCUT2D eigenvalue weighted by Crippen LogP contribution is -2.13. The molecule has 11 heavy (non-hydrogen) atoms. The summed E-state index contributed by atoms with van der Waals surface area (Å²) < 4.78 is 4.69. The van der Waals surface area contributed by atoms with Crippen molar-refractivity contribution in [3.05, 3.63) is 12.7 Å². The van der Waals surface area contributed by atoms with Crippen LogP contribution >= 0.6 is 0 Å². The SMILES string of the molecule is O=C(Nc1cocn1)C1CC1. The smallest absolute Gasteiger partial charge is 0.228 e. The van der Waals surface area contributed by atoms with Crippen molar-refractivity contribution in [1.29, 1.82) is 0 Å². The standard InChI is InChI=1S/C7H8N2O2/c10-7(5-1-2-5)9-6-3-11-4-8-6/h3-5H,1-2H2,(H,9,10). The summed E-state index contributed by atoms with van der Waals surface area (Å²) in [5.41, 5.74) is 0. The predicted molar refractivity (Wildman–Crippen MR) is 37.9 cm³/mol. The molecule has 1 saturated carbocycles. The van der Waals surface area contributed by atoms with Gasteiger partial charge >= 0.3 is 0 Å². The normalized spacial score (nSPS) is 16.4. The topological polar surface area (TPSA) is 55.1 Å². The van der Waals surface area contributed by atoms with Crippen LogP contribution < -0.4 is 5.32 Å². The van der Waals surface area contributed by atoms with E-state index in [1.807, 2.05) is 0 Å². The molecule has 4 heteroatoms. The van der Waals surface area contributed by atoms with Crippen LogP contribution in [0, 0.1) is 5.92 Å². The van der Waals surface area contributed by atoms with E-state index >= 15 is 0 Å². The summed E-state index contributed by atoms with van der Waals surface area (Å²) in [7, 11) is 0. The van der Waals surface area contributed by atoms with Crippen LogP contribution in [0.5, 0.6) is 0 Å². The van der Waals surface area contributed by atoms with Gasteiger partial charge in [-0.2, -0.15) is 4.98 Å². The van der Waals surface area contributed by atoms with E-state index in [2.05, 4.69) is 14.7 Å². The Bertz CT molecular complexity index is 251. The van der Waals surface area contributed by atoms with Crippen molar-refractivity contribution in [2.24, 2.45) is 5.92 Å². The number of hydrogen-bond acceptors (Lipinski definition) is 3. The number of hydrogen-bond donors (Lipinski definition) is 1. The molecule has 0 atom stereocenters. The highest BCUT2D eigenvalue weighted by Crippen LogP contribution is 2.29. The van der Waals surface area contributed by atoms with E-state index in [0.717, 1.165) is 12.8 Å². The van der Waals surface area contributed by atoms with Crippen LogP contribution in [0.25, 0.3) is 0 Å². The Balaban J connectivity index is 1.94. The average molecular weight is 152 g/mol. The van der Waals surface area contributed by atoms with Crippen LogP contribution in [-0.4, -0.2) is 10.9 Å². The number of carbonyl (C=O) groups is 1. The number of anilines is 1. The van der Waals surface area contributed by atoms with Crippen molar-refractivity contribution in [2.45, 2.75) is 12.8 Å². The minimum absolute atomic E-state index is 0.0545. The monoisotopic (exact) mass is 152 g/mol. The molecule has 1 aliphatic carbocycles. The Morgan fingerprint density at radius 2 is 2.55 bits per heavy atom. The fourth-order valence-electron chi connectivity index (χ4n) is 0.848. The van der Waals surface area contributed by atoms with Gasteiger partial charge in [0.25, 0.3) is 0 Å². The van der Waals surface area contributed by atoms with Crippen LogP contribution in [0.15, 0.2) is 17.1 Å². The molecule has 2 rings (SSSR count). The Hall–Kier alpha value is -1.32. The molecule has 0 aromatic carbocycles. The molecule has 1 fully saturated rings. The molecular weight excluding hydrogens is 144 g/mol. The van der Waals surface area contributed by atoms with Gasteiger partial charge in [0, 0.05) is 5.92 Å². The van der Waals surface area contributed by atoms with Crippen molar-refractivity contribution < 1.29 is 9.21 Å². The van der Waals surface area contributed by atoms with Crippen molar-refractivity contribution in [2.75, 3.05) is 5.32 Å². The number of nitrogens with zero attached hydrogens (tertiary/aromatic N) is 1. The highest BCUT2D eigenvalue weighted by atomic mass is 16.3. The zero-order valence-electron chi connectivity index (χ0n) is 5.91. The predicted octanol–water partition coefficient (Wildman–Crippen LogP) is 1.02. The Labute approximate surface area is 63.6 Å². The third-order valence-corrected chi connectivity index (χ3v) is 1.63. The van der Waals surface area contributed by atoms with Gasteiger partial charge in [-0.25, -0.2) is 0 Å². The largest absolute Gasteiger partial charge is 0.449 e. The van der Waals surface area contributed by atoms with Crippen molar-refractivity contribution in [3.63, 3.8) is 0 Å². The highest BCUT2D eigenvalue weighted by molar-refractivity contribution is 5.92. The fraction of sp³-hybridized carbons (Fsp3) is 0.429. The first kappa shape index (κ1) is 6.39. The van der Waals surface area contributed by atoms with Gasteiger partial charge in [-0.05, 0) is 12.8 Å². The number of rotatable bonds is 2. The van der Waals surface area contributed by atoms with E-state index in [9.17, 15) is 4.79 Å². The Kier molecular flexibility index (Phi) is 1.38. The summed E-state index contributed by atoms with van der Waals surface area (Å²) in [4.78, 5) is 14.8. The maximum atomic E-state index is 11.1. The van der Waals surface area contributed by atoms with Gasteiger partial charge in [0.1, 0.15) is 6.26 Å². The molecule has 0 bridgehead atoms. The lowest BCUT2D eigenvalue weighted by atomic mass is 10.4. The molecule has 58 valence electrons. The first-order valence-electron chi connectivity index (χ1n) is 3.55. The van der Waals surface area contributed by atoms with Gasteiger partial charge in [-0.3, -0.25) is 4.79 Å². The van der Waals surface area contributed by atoms with E-state index in [1.165, 1.54) is 12.7 Å². The van der Waals surface area contributed by atoms with E-state index < -0.39 is 0 Å². The fourth-order valence-corrected chi connectivity index (χ4v) is 0.848. The molecule has 1 aromatic rings. The first-order valence-corrected chi connectivity index (χ1v) is 3.55. The third kappa shape index (κ3) is 1.39. The summed E-state index contributed by atoms with van der Waals surface area (Å²) in [6.45, 7) is 0. The summed E-state index contributed by atoms with van der Waals surface area (Å²) in [6, 6.07) is 0. The number of aromatic nitrogens is 1. The second-order valence-electron chi connectivity index (χ2n) is 2.64. The van der Waals surface area contributed by atoms with Crippen molar-refractivity contribution >= 4 is 11.7 Å². The van der Waals surface area contributed by atoms with Gasteiger partial charge in [0.05, 0.1) is 0 Å². The number of oxazole rings is 1. The van der Waals surface area contributed by atoms with Crippen molar-refractivity contribution in [1.82, 2.24) is 4.98 Å². The molecule has 0 unspecified atom stereocenters. The minimum Gasteiger partial charge on any atom is -0.449 e. The van der Waals surface area contributed by atoms with Gasteiger partial charge in [0.15, 0.2) is 12.2 Å². The third-order valence-electron chi connectivity index (χ3n) is 1.63. The zero-order chi connectivity index (χ0) is 7.68.